The van der Waals surface area contributed by atoms with Crippen molar-refractivity contribution in [1.29, 1.82) is 5.41 Å². The molecule has 16 heavy (non-hydrogen) atoms. The fraction of sp³-hybridized carbons (Fsp3) is 0.786. The van der Waals surface area contributed by atoms with Crippen LogP contribution in [0.3, 0.4) is 0 Å². The first-order valence-corrected chi connectivity index (χ1v) is 6.54. The van der Waals surface area contributed by atoms with Crippen molar-refractivity contribution in [1.82, 2.24) is 5.32 Å². The third kappa shape index (κ3) is 6.65. The summed E-state index contributed by atoms with van der Waals surface area (Å²) < 4.78 is 0. The Morgan fingerprint density at radius 3 is 2.00 bits per heavy atom. The summed E-state index contributed by atoms with van der Waals surface area (Å²) in [7, 11) is 0. The number of hydrogen-bond donors (Lipinski definition) is 2. The molecule has 0 radical (unpaired) electrons. The topological polar surface area (TPSA) is 35.9 Å². The molecular formula is C14H28N2. The van der Waals surface area contributed by atoms with E-state index in [9.17, 15) is 0 Å². The van der Waals surface area contributed by atoms with Crippen molar-refractivity contribution in [2.45, 2.75) is 66.3 Å². The minimum atomic E-state index is 0.469. The summed E-state index contributed by atoms with van der Waals surface area (Å²) >= 11 is 0. The van der Waals surface area contributed by atoms with E-state index >= 15 is 0 Å². The minimum absolute atomic E-state index is 0.469. The molecule has 0 aromatic rings. The first-order valence-electron chi connectivity index (χ1n) is 6.54. The van der Waals surface area contributed by atoms with Gasteiger partial charge in [0.25, 0.3) is 0 Å². The van der Waals surface area contributed by atoms with Crippen LogP contribution in [-0.2, 0) is 0 Å². The highest BCUT2D eigenvalue weighted by Gasteiger charge is 2.10. The van der Waals surface area contributed by atoms with Gasteiger partial charge in [-0.2, -0.15) is 0 Å². The van der Waals surface area contributed by atoms with Crippen molar-refractivity contribution in [3.05, 3.63) is 11.8 Å². The summed E-state index contributed by atoms with van der Waals surface area (Å²) in [4.78, 5) is 0. The first kappa shape index (κ1) is 15.2. The largest absolute Gasteiger partial charge is 0.385 e. The van der Waals surface area contributed by atoms with Crippen molar-refractivity contribution >= 4 is 5.71 Å². The van der Waals surface area contributed by atoms with Crippen molar-refractivity contribution in [3.8, 4) is 0 Å². The van der Waals surface area contributed by atoms with Gasteiger partial charge in [0.05, 0.1) is 0 Å². The molecule has 2 nitrogen and oxygen atoms in total. The van der Waals surface area contributed by atoms with Crippen LogP contribution < -0.4 is 5.32 Å². The maximum Gasteiger partial charge on any atom is 0.0300 e. The van der Waals surface area contributed by atoms with Gasteiger partial charge in [-0.15, -0.1) is 0 Å². The monoisotopic (exact) mass is 224 g/mol. The average molecular weight is 224 g/mol. The molecule has 0 rings (SSSR count). The zero-order valence-electron chi connectivity index (χ0n) is 11.6. The highest BCUT2D eigenvalue weighted by atomic mass is 14.9. The van der Waals surface area contributed by atoms with Crippen LogP contribution in [0.15, 0.2) is 11.8 Å². The third-order valence-corrected chi connectivity index (χ3v) is 2.64. The van der Waals surface area contributed by atoms with E-state index in [4.69, 9.17) is 5.41 Å². The maximum absolute atomic E-state index is 7.55. The molecular weight excluding hydrogens is 196 g/mol. The molecule has 2 heteroatoms. The van der Waals surface area contributed by atoms with Crippen LogP contribution in [-0.4, -0.2) is 11.8 Å². The van der Waals surface area contributed by atoms with Gasteiger partial charge in [0, 0.05) is 17.5 Å². The van der Waals surface area contributed by atoms with E-state index in [2.05, 4.69) is 33.0 Å². The van der Waals surface area contributed by atoms with E-state index in [0.717, 1.165) is 0 Å². The van der Waals surface area contributed by atoms with Gasteiger partial charge in [-0.3, -0.25) is 0 Å². The van der Waals surface area contributed by atoms with Gasteiger partial charge < -0.3 is 10.7 Å². The SMILES string of the molecule is CCCC(CCC)N/C(=C\C(C)=N)C(C)C. The molecule has 0 unspecified atom stereocenters. The molecule has 0 saturated heterocycles. The molecule has 0 amide bonds. The van der Waals surface area contributed by atoms with Crippen LogP contribution in [0.2, 0.25) is 0 Å². The van der Waals surface area contributed by atoms with Crippen molar-refractivity contribution in [3.63, 3.8) is 0 Å². The van der Waals surface area contributed by atoms with E-state index in [0.29, 0.717) is 17.7 Å². The Kier molecular flexibility index (Phi) is 7.96. The zero-order valence-corrected chi connectivity index (χ0v) is 11.6. The second-order valence-electron chi connectivity index (χ2n) is 4.86. The van der Waals surface area contributed by atoms with Crippen molar-refractivity contribution < 1.29 is 0 Å². The summed E-state index contributed by atoms with van der Waals surface area (Å²) in [5.41, 5.74) is 1.84. The molecule has 0 aliphatic rings. The summed E-state index contributed by atoms with van der Waals surface area (Å²) in [6.07, 6.45) is 6.83. The second-order valence-corrected chi connectivity index (χ2v) is 4.86. The molecule has 0 aromatic heterocycles. The Labute approximate surface area is 101 Å². The maximum atomic E-state index is 7.55. The Bertz CT molecular complexity index is 223. The second kappa shape index (κ2) is 8.37. The van der Waals surface area contributed by atoms with Crippen molar-refractivity contribution in [2.75, 3.05) is 0 Å². The van der Waals surface area contributed by atoms with Gasteiger partial charge in [-0.1, -0.05) is 40.5 Å². The lowest BCUT2D eigenvalue weighted by Gasteiger charge is -2.23. The minimum Gasteiger partial charge on any atom is -0.385 e. The Balaban J connectivity index is 4.50. The van der Waals surface area contributed by atoms with Crippen LogP contribution in [0.25, 0.3) is 0 Å². The zero-order chi connectivity index (χ0) is 12.6. The molecule has 0 spiro atoms. The van der Waals surface area contributed by atoms with Gasteiger partial charge in [0.15, 0.2) is 0 Å². The van der Waals surface area contributed by atoms with E-state index in [1.807, 2.05) is 13.0 Å². The number of nitrogens with one attached hydrogen (secondary N) is 2. The normalized spacial score (nSPS) is 12.3. The van der Waals surface area contributed by atoms with Crippen LogP contribution >= 0.6 is 0 Å². The molecule has 0 bridgehead atoms. The molecule has 0 saturated carbocycles. The van der Waals surface area contributed by atoms with E-state index < -0.39 is 0 Å². The number of rotatable bonds is 8. The molecule has 0 aromatic carbocycles. The average Bonchev–Trinajstić information content (AvgIpc) is 2.16. The molecule has 0 heterocycles. The lowest BCUT2D eigenvalue weighted by Crippen LogP contribution is -2.30. The molecule has 2 N–H and O–H groups in total. The number of allylic oxidation sites excluding steroid dienone is 2. The van der Waals surface area contributed by atoms with Gasteiger partial charge in [-0.05, 0) is 31.8 Å². The standard InChI is InChI=1S/C14H28N2/c1-6-8-13(9-7-2)16-14(11(3)4)10-12(5)15/h10-11,13,15-16H,6-9H2,1-5H3/b14-10-,15-12?. The van der Waals surface area contributed by atoms with Crippen LogP contribution in [0.5, 0.6) is 0 Å². The molecule has 94 valence electrons. The Hall–Kier alpha value is -0.790. The third-order valence-electron chi connectivity index (χ3n) is 2.64. The lowest BCUT2D eigenvalue weighted by atomic mass is 10.0. The predicted octanol–water partition coefficient (Wildman–Crippen LogP) is 4.12. The molecule has 0 aliphatic heterocycles. The predicted molar refractivity (Wildman–Crippen MR) is 73.1 cm³/mol. The summed E-state index contributed by atoms with van der Waals surface area (Å²) in [6, 6.07) is 0.572. The molecule has 0 aliphatic carbocycles. The molecule has 0 atom stereocenters. The quantitative estimate of drug-likeness (QED) is 0.598. The van der Waals surface area contributed by atoms with Gasteiger partial charge in [0.2, 0.25) is 0 Å². The van der Waals surface area contributed by atoms with Crippen LogP contribution in [0, 0.1) is 11.3 Å². The fourth-order valence-corrected chi connectivity index (χ4v) is 1.83. The summed E-state index contributed by atoms with van der Waals surface area (Å²) in [5.74, 6) is 0.469. The highest BCUT2D eigenvalue weighted by Crippen LogP contribution is 2.12. The fourth-order valence-electron chi connectivity index (χ4n) is 1.83. The van der Waals surface area contributed by atoms with Crippen molar-refractivity contribution in [2.24, 2.45) is 5.92 Å². The van der Waals surface area contributed by atoms with E-state index in [1.165, 1.54) is 31.4 Å². The smallest absolute Gasteiger partial charge is 0.0300 e. The Morgan fingerprint density at radius 1 is 1.19 bits per heavy atom. The summed E-state index contributed by atoms with van der Waals surface area (Å²) in [5, 5.41) is 11.2. The van der Waals surface area contributed by atoms with Gasteiger partial charge in [-0.25, -0.2) is 0 Å². The lowest BCUT2D eigenvalue weighted by molar-refractivity contribution is 0.459. The van der Waals surface area contributed by atoms with Gasteiger partial charge in [0.1, 0.15) is 0 Å². The highest BCUT2D eigenvalue weighted by molar-refractivity contribution is 5.90. The van der Waals surface area contributed by atoms with E-state index in [1.54, 1.807) is 0 Å². The summed E-state index contributed by atoms with van der Waals surface area (Å²) in [6.45, 7) is 10.6. The van der Waals surface area contributed by atoms with Crippen LogP contribution in [0.1, 0.15) is 60.3 Å². The van der Waals surface area contributed by atoms with E-state index in [-0.39, 0.29) is 0 Å². The first-order chi connectivity index (χ1) is 7.51. The number of hydrogen-bond acceptors (Lipinski definition) is 2. The van der Waals surface area contributed by atoms with Gasteiger partial charge >= 0.3 is 0 Å². The molecule has 0 fully saturated rings. The Morgan fingerprint density at radius 2 is 1.69 bits per heavy atom. The van der Waals surface area contributed by atoms with Crippen LogP contribution in [0.4, 0.5) is 0 Å².